The summed E-state index contributed by atoms with van der Waals surface area (Å²) in [5.74, 6) is 0.926. The monoisotopic (exact) mass is 465 g/mol. The number of piperazine rings is 1. The molecular weight excluding hydrogens is 434 g/mol. The lowest BCUT2D eigenvalue weighted by Crippen LogP contribution is -2.49. The van der Waals surface area contributed by atoms with E-state index in [0.29, 0.717) is 13.1 Å². The Morgan fingerprint density at radius 3 is 2.40 bits per heavy atom. The summed E-state index contributed by atoms with van der Waals surface area (Å²) in [6.07, 6.45) is 0. The number of methoxy groups -OCH3 is 1. The molecule has 0 bridgehead atoms. The number of benzene rings is 3. The van der Waals surface area contributed by atoms with Crippen LogP contribution in [0.15, 0.2) is 66.7 Å². The van der Waals surface area contributed by atoms with Crippen LogP contribution < -0.4 is 9.64 Å². The van der Waals surface area contributed by atoms with E-state index in [4.69, 9.17) is 9.72 Å². The topological polar surface area (TPSA) is 45.7 Å². The van der Waals surface area contributed by atoms with Crippen molar-refractivity contribution in [2.45, 2.75) is 20.8 Å². The molecule has 4 aromatic rings. The predicted octanol–water partition coefficient (Wildman–Crippen LogP) is 5.80. The fourth-order valence-electron chi connectivity index (χ4n) is 4.93. The highest BCUT2D eigenvalue weighted by Gasteiger charge is 2.26. The lowest BCUT2D eigenvalue weighted by molar-refractivity contribution is 0.0748. The van der Waals surface area contributed by atoms with Gasteiger partial charge in [-0.25, -0.2) is 4.98 Å². The maximum Gasteiger partial charge on any atom is 0.254 e. The van der Waals surface area contributed by atoms with Crippen molar-refractivity contribution >= 4 is 22.5 Å². The van der Waals surface area contributed by atoms with Gasteiger partial charge in [0.2, 0.25) is 0 Å². The lowest BCUT2D eigenvalue weighted by Gasteiger charge is -2.36. The van der Waals surface area contributed by atoms with Gasteiger partial charge in [0.05, 0.1) is 29.6 Å². The van der Waals surface area contributed by atoms with Crippen LogP contribution in [0.4, 0.5) is 5.69 Å². The number of rotatable bonds is 4. The number of carbonyl (C=O) groups is 1. The van der Waals surface area contributed by atoms with E-state index in [1.165, 1.54) is 5.56 Å². The number of hydrogen-bond donors (Lipinski definition) is 0. The van der Waals surface area contributed by atoms with Gasteiger partial charge >= 0.3 is 0 Å². The number of aromatic nitrogens is 1. The molecule has 1 aliphatic rings. The molecule has 35 heavy (non-hydrogen) atoms. The minimum Gasteiger partial charge on any atom is -0.495 e. The minimum atomic E-state index is 0.0641. The van der Waals surface area contributed by atoms with Crippen molar-refractivity contribution in [1.29, 1.82) is 0 Å². The van der Waals surface area contributed by atoms with Crippen LogP contribution in [0.5, 0.6) is 5.75 Å². The Morgan fingerprint density at radius 2 is 1.63 bits per heavy atom. The zero-order chi connectivity index (χ0) is 24.5. The van der Waals surface area contributed by atoms with Crippen LogP contribution in [0.1, 0.15) is 27.0 Å². The normalized spacial score (nSPS) is 13.8. The number of hydrogen-bond acceptors (Lipinski definition) is 4. The van der Waals surface area contributed by atoms with Gasteiger partial charge in [-0.2, -0.15) is 0 Å². The number of carbonyl (C=O) groups excluding carboxylic acids is 1. The summed E-state index contributed by atoms with van der Waals surface area (Å²) in [5.41, 5.74) is 8.02. The van der Waals surface area contributed by atoms with Crippen molar-refractivity contribution in [3.8, 4) is 17.0 Å². The van der Waals surface area contributed by atoms with Gasteiger partial charge in [0.1, 0.15) is 5.75 Å². The second-order valence-corrected chi connectivity index (χ2v) is 9.30. The van der Waals surface area contributed by atoms with Gasteiger partial charge < -0.3 is 14.5 Å². The predicted molar refractivity (Wildman–Crippen MR) is 143 cm³/mol. The molecule has 5 heteroatoms. The summed E-state index contributed by atoms with van der Waals surface area (Å²) in [4.78, 5) is 23.2. The molecule has 5 nitrogen and oxygen atoms in total. The highest BCUT2D eigenvalue weighted by molar-refractivity contribution is 6.08. The summed E-state index contributed by atoms with van der Waals surface area (Å²) < 4.78 is 5.55. The van der Waals surface area contributed by atoms with Crippen LogP contribution in [0.3, 0.4) is 0 Å². The second-order valence-electron chi connectivity index (χ2n) is 9.30. The number of fused-ring (bicyclic) bond motifs is 1. The van der Waals surface area contributed by atoms with Crippen molar-refractivity contribution in [2.75, 3.05) is 38.2 Å². The third-order valence-electron chi connectivity index (χ3n) is 6.93. The van der Waals surface area contributed by atoms with Crippen molar-refractivity contribution in [3.63, 3.8) is 0 Å². The molecule has 0 unspecified atom stereocenters. The first kappa shape index (κ1) is 22.9. The van der Waals surface area contributed by atoms with Crippen molar-refractivity contribution in [1.82, 2.24) is 9.88 Å². The fraction of sp³-hybridized carbons (Fsp3) is 0.267. The van der Waals surface area contributed by atoms with Gasteiger partial charge in [0.25, 0.3) is 5.91 Å². The summed E-state index contributed by atoms with van der Waals surface area (Å²) in [5, 5.41) is 0.913. The first-order valence-electron chi connectivity index (χ1n) is 12.1. The summed E-state index contributed by atoms with van der Waals surface area (Å²) in [7, 11) is 1.70. The number of aryl methyl sites for hydroxylation is 3. The van der Waals surface area contributed by atoms with E-state index in [9.17, 15) is 4.79 Å². The molecule has 0 radical (unpaired) electrons. The third-order valence-corrected chi connectivity index (χ3v) is 6.93. The molecule has 3 aromatic carbocycles. The standard InChI is InChI=1S/C30H31N3O2/c1-20-12-13-21(2)24(18-20)26-19-25(23-9-7-8-22(3)29(23)31-26)30(34)33-16-14-32(15-17-33)27-10-5-6-11-28(27)35-4/h5-13,18-19H,14-17H2,1-4H3. The average molecular weight is 466 g/mol. The van der Waals surface area contributed by atoms with E-state index in [2.05, 4.69) is 56.0 Å². The number of nitrogens with zero attached hydrogens (tertiary/aromatic N) is 3. The van der Waals surface area contributed by atoms with Crippen molar-refractivity contribution < 1.29 is 9.53 Å². The summed E-state index contributed by atoms with van der Waals surface area (Å²) in [6.45, 7) is 9.08. The number of ether oxygens (including phenoxy) is 1. The fourth-order valence-corrected chi connectivity index (χ4v) is 4.93. The number of pyridine rings is 1. The highest BCUT2D eigenvalue weighted by atomic mass is 16.5. The maximum atomic E-state index is 13.9. The Kier molecular flexibility index (Phi) is 6.16. The van der Waals surface area contributed by atoms with Crippen LogP contribution in [-0.4, -0.2) is 49.1 Å². The largest absolute Gasteiger partial charge is 0.495 e. The Morgan fingerprint density at radius 1 is 0.857 bits per heavy atom. The van der Waals surface area contributed by atoms with Gasteiger partial charge in [-0.3, -0.25) is 4.79 Å². The van der Waals surface area contributed by atoms with Crippen molar-refractivity contribution in [3.05, 3.63) is 89.0 Å². The highest BCUT2D eigenvalue weighted by Crippen LogP contribution is 2.31. The van der Waals surface area contributed by atoms with Gasteiger partial charge in [-0.15, -0.1) is 0 Å². The van der Waals surface area contributed by atoms with Crippen LogP contribution in [0.2, 0.25) is 0 Å². The van der Waals surface area contributed by atoms with Crippen LogP contribution in [0, 0.1) is 20.8 Å². The summed E-state index contributed by atoms with van der Waals surface area (Å²) >= 11 is 0. The number of amides is 1. The molecule has 0 atom stereocenters. The van der Waals surface area contributed by atoms with Crippen LogP contribution >= 0.6 is 0 Å². The zero-order valence-corrected chi connectivity index (χ0v) is 20.8. The van der Waals surface area contributed by atoms with Crippen LogP contribution in [-0.2, 0) is 0 Å². The Labute approximate surface area is 207 Å². The maximum absolute atomic E-state index is 13.9. The second kappa shape index (κ2) is 9.41. The smallest absolute Gasteiger partial charge is 0.254 e. The molecule has 0 N–H and O–H groups in total. The molecule has 1 aliphatic heterocycles. The van der Waals surface area contributed by atoms with E-state index in [0.717, 1.165) is 63.4 Å². The average Bonchev–Trinajstić information content (AvgIpc) is 2.89. The van der Waals surface area contributed by atoms with E-state index < -0.39 is 0 Å². The molecule has 0 aliphatic carbocycles. The quantitative estimate of drug-likeness (QED) is 0.382. The van der Waals surface area contributed by atoms with E-state index in [1.54, 1.807) is 7.11 Å². The van der Waals surface area contributed by atoms with Crippen molar-refractivity contribution in [2.24, 2.45) is 0 Å². The number of anilines is 1. The number of para-hydroxylation sites is 3. The molecule has 1 amide bonds. The molecule has 178 valence electrons. The van der Waals surface area contributed by atoms with E-state index in [1.807, 2.05) is 41.3 Å². The molecule has 0 saturated carbocycles. The SMILES string of the molecule is COc1ccccc1N1CCN(C(=O)c2cc(-c3cc(C)ccc3C)nc3c(C)cccc23)CC1. The summed E-state index contributed by atoms with van der Waals surface area (Å²) in [6, 6.07) is 22.5. The molecule has 2 heterocycles. The molecule has 1 saturated heterocycles. The van der Waals surface area contributed by atoms with Gasteiger partial charge in [0, 0.05) is 37.1 Å². The lowest BCUT2D eigenvalue weighted by atomic mass is 9.97. The van der Waals surface area contributed by atoms with E-state index >= 15 is 0 Å². The first-order chi connectivity index (χ1) is 17.0. The molecule has 0 spiro atoms. The Balaban J connectivity index is 1.49. The van der Waals surface area contributed by atoms with Gasteiger partial charge in [0.15, 0.2) is 0 Å². The third kappa shape index (κ3) is 4.34. The van der Waals surface area contributed by atoms with Gasteiger partial charge in [-0.1, -0.05) is 48.0 Å². The molecule has 5 rings (SSSR count). The molecule has 1 aromatic heterocycles. The minimum absolute atomic E-state index is 0.0641. The first-order valence-corrected chi connectivity index (χ1v) is 12.1. The Hall–Kier alpha value is -3.86. The molecule has 1 fully saturated rings. The van der Waals surface area contributed by atoms with E-state index in [-0.39, 0.29) is 5.91 Å². The van der Waals surface area contributed by atoms with Crippen LogP contribution in [0.25, 0.3) is 22.2 Å². The Bertz CT molecular complexity index is 1400. The zero-order valence-electron chi connectivity index (χ0n) is 20.8. The van der Waals surface area contributed by atoms with Gasteiger partial charge in [-0.05, 0) is 56.2 Å². The molecular formula is C30H31N3O2.